The standard InChI is InChI=1S/C16H24N4S/c1-11-9-12(2)18-16(14(11)15(17)21)20-8-5-13(10-20)19-6-3-4-7-19/h9,13H,3-8,10H2,1-2H3,(H2,17,21). The number of pyridine rings is 1. The van der Waals surface area contributed by atoms with Gasteiger partial charge in [-0.05, 0) is 57.8 Å². The van der Waals surface area contributed by atoms with Crippen molar-refractivity contribution in [3.05, 3.63) is 22.9 Å². The van der Waals surface area contributed by atoms with Crippen molar-refractivity contribution in [3.63, 3.8) is 0 Å². The predicted octanol–water partition coefficient (Wildman–Crippen LogP) is 2.01. The SMILES string of the molecule is Cc1cc(C)c(C(N)=S)c(N2CCC(N3CCCC3)C2)n1. The monoisotopic (exact) mass is 304 g/mol. The number of anilines is 1. The van der Waals surface area contributed by atoms with Crippen LogP contribution in [0.5, 0.6) is 0 Å². The van der Waals surface area contributed by atoms with Crippen LogP contribution in [0, 0.1) is 13.8 Å². The highest BCUT2D eigenvalue weighted by molar-refractivity contribution is 7.80. The molecule has 21 heavy (non-hydrogen) atoms. The van der Waals surface area contributed by atoms with Crippen LogP contribution >= 0.6 is 12.2 Å². The predicted molar refractivity (Wildman–Crippen MR) is 91.0 cm³/mol. The lowest BCUT2D eigenvalue weighted by atomic mass is 10.1. The maximum absolute atomic E-state index is 5.94. The first-order valence-electron chi connectivity index (χ1n) is 7.83. The first-order valence-corrected chi connectivity index (χ1v) is 8.24. The molecule has 0 aromatic carbocycles. The molecule has 114 valence electrons. The van der Waals surface area contributed by atoms with E-state index in [2.05, 4.69) is 22.8 Å². The topological polar surface area (TPSA) is 45.4 Å². The van der Waals surface area contributed by atoms with Gasteiger partial charge in [-0.2, -0.15) is 0 Å². The van der Waals surface area contributed by atoms with E-state index in [4.69, 9.17) is 22.9 Å². The molecule has 0 aliphatic carbocycles. The van der Waals surface area contributed by atoms with E-state index in [1.807, 2.05) is 6.92 Å². The number of hydrogen-bond acceptors (Lipinski definition) is 4. The van der Waals surface area contributed by atoms with Crippen molar-refractivity contribution in [1.82, 2.24) is 9.88 Å². The van der Waals surface area contributed by atoms with Crippen LogP contribution < -0.4 is 10.6 Å². The van der Waals surface area contributed by atoms with Crippen LogP contribution in [-0.4, -0.2) is 47.1 Å². The van der Waals surface area contributed by atoms with Gasteiger partial charge in [0.15, 0.2) is 0 Å². The Bertz CT molecular complexity index is 551. The Kier molecular flexibility index (Phi) is 4.13. The van der Waals surface area contributed by atoms with E-state index in [0.29, 0.717) is 11.0 Å². The third kappa shape index (κ3) is 2.90. The van der Waals surface area contributed by atoms with Crippen molar-refractivity contribution >= 4 is 23.0 Å². The lowest BCUT2D eigenvalue weighted by Crippen LogP contribution is -2.36. The molecule has 2 aliphatic rings. The molecular weight excluding hydrogens is 280 g/mol. The maximum atomic E-state index is 5.94. The average molecular weight is 304 g/mol. The molecule has 2 N–H and O–H groups in total. The van der Waals surface area contributed by atoms with E-state index in [1.54, 1.807) is 0 Å². The van der Waals surface area contributed by atoms with Crippen LogP contribution in [0.15, 0.2) is 6.07 Å². The minimum atomic E-state index is 0.458. The fraction of sp³-hybridized carbons (Fsp3) is 0.625. The van der Waals surface area contributed by atoms with Crippen molar-refractivity contribution in [2.24, 2.45) is 5.73 Å². The molecule has 2 aliphatic heterocycles. The summed E-state index contributed by atoms with van der Waals surface area (Å²) in [4.78, 5) is 10.2. The number of rotatable bonds is 3. The summed E-state index contributed by atoms with van der Waals surface area (Å²) in [7, 11) is 0. The second-order valence-electron chi connectivity index (χ2n) is 6.27. The lowest BCUT2D eigenvalue weighted by molar-refractivity contribution is 0.260. The minimum Gasteiger partial charge on any atom is -0.389 e. The van der Waals surface area contributed by atoms with E-state index in [-0.39, 0.29) is 0 Å². The van der Waals surface area contributed by atoms with Crippen LogP contribution in [0.4, 0.5) is 5.82 Å². The van der Waals surface area contributed by atoms with Crippen molar-refractivity contribution in [2.45, 2.75) is 39.2 Å². The van der Waals surface area contributed by atoms with Crippen molar-refractivity contribution in [3.8, 4) is 0 Å². The highest BCUT2D eigenvalue weighted by atomic mass is 32.1. The highest BCUT2D eigenvalue weighted by Crippen LogP contribution is 2.28. The Morgan fingerprint density at radius 3 is 2.67 bits per heavy atom. The average Bonchev–Trinajstić information content (AvgIpc) is 3.08. The molecule has 3 rings (SSSR count). The number of nitrogens with two attached hydrogens (primary N) is 1. The van der Waals surface area contributed by atoms with Gasteiger partial charge in [-0.1, -0.05) is 12.2 Å². The fourth-order valence-electron chi connectivity index (χ4n) is 3.69. The Balaban J connectivity index is 1.85. The summed E-state index contributed by atoms with van der Waals surface area (Å²) in [6.45, 7) is 8.70. The molecule has 0 amide bonds. The van der Waals surface area contributed by atoms with E-state index in [1.165, 1.54) is 32.4 Å². The summed E-state index contributed by atoms with van der Waals surface area (Å²) in [5.41, 5.74) is 9.07. The van der Waals surface area contributed by atoms with E-state index >= 15 is 0 Å². The zero-order chi connectivity index (χ0) is 15.0. The number of aryl methyl sites for hydroxylation is 2. The van der Waals surface area contributed by atoms with Crippen molar-refractivity contribution in [1.29, 1.82) is 0 Å². The summed E-state index contributed by atoms with van der Waals surface area (Å²) in [5, 5.41) is 0. The van der Waals surface area contributed by atoms with E-state index < -0.39 is 0 Å². The molecule has 0 saturated carbocycles. The molecule has 4 nitrogen and oxygen atoms in total. The molecule has 0 radical (unpaired) electrons. The van der Waals surface area contributed by atoms with E-state index in [0.717, 1.165) is 35.7 Å². The Hall–Kier alpha value is -1.20. The molecule has 5 heteroatoms. The third-order valence-electron chi connectivity index (χ3n) is 4.69. The van der Waals surface area contributed by atoms with Gasteiger partial charge in [0.2, 0.25) is 0 Å². The van der Waals surface area contributed by atoms with Gasteiger partial charge in [0, 0.05) is 24.8 Å². The second-order valence-corrected chi connectivity index (χ2v) is 6.71. The lowest BCUT2D eigenvalue weighted by Gasteiger charge is -2.25. The maximum Gasteiger partial charge on any atom is 0.139 e. The Labute approximate surface area is 132 Å². The Morgan fingerprint density at radius 2 is 2.00 bits per heavy atom. The first-order chi connectivity index (χ1) is 10.1. The van der Waals surface area contributed by atoms with Crippen molar-refractivity contribution < 1.29 is 0 Å². The van der Waals surface area contributed by atoms with Gasteiger partial charge in [-0.25, -0.2) is 4.98 Å². The zero-order valence-electron chi connectivity index (χ0n) is 12.9. The number of thiocarbonyl (C=S) groups is 1. The summed E-state index contributed by atoms with van der Waals surface area (Å²) < 4.78 is 0. The molecule has 2 saturated heterocycles. The molecule has 3 heterocycles. The van der Waals surface area contributed by atoms with Gasteiger partial charge in [-0.15, -0.1) is 0 Å². The van der Waals surface area contributed by atoms with Crippen molar-refractivity contribution in [2.75, 3.05) is 31.1 Å². The van der Waals surface area contributed by atoms with Crippen LogP contribution in [0.3, 0.4) is 0 Å². The molecular formula is C16H24N4S. The number of likely N-dealkylation sites (tertiary alicyclic amines) is 1. The van der Waals surface area contributed by atoms with E-state index in [9.17, 15) is 0 Å². The summed E-state index contributed by atoms with van der Waals surface area (Å²) in [6.07, 6.45) is 3.90. The van der Waals surface area contributed by atoms with Gasteiger partial charge in [-0.3, -0.25) is 4.90 Å². The van der Waals surface area contributed by atoms with Crippen LogP contribution in [-0.2, 0) is 0 Å². The first kappa shape index (κ1) is 14.7. The molecule has 1 aromatic heterocycles. The number of nitrogens with zero attached hydrogens (tertiary/aromatic N) is 3. The molecule has 0 bridgehead atoms. The van der Waals surface area contributed by atoms with Gasteiger partial charge in [0.05, 0.1) is 5.56 Å². The molecule has 2 fully saturated rings. The number of hydrogen-bond donors (Lipinski definition) is 1. The van der Waals surface area contributed by atoms with Crippen LogP contribution in [0.2, 0.25) is 0 Å². The quantitative estimate of drug-likeness (QED) is 0.866. The minimum absolute atomic E-state index is 0.458. The zero-order valence-corrected chi connectivity index (χ0v) is 13.7. The third-order valence-corrected chi connectivity index (χ3v) is 4.90. The normalized spacial score (nSPS) is 23.0. The molecule has 1 unspecified atom stereocenters. The Morgan fingerprint density at radius 1 is 1.29 bits per heavy atom. The number of aromatic nitrogens is 1. The summed E-state index contributed by atoms with van der Waals surface area (Å²) >= 11 is 5.25. The van der Waals surface area contributed by atoms with Gasteiger partial charge in [0.25, 0.3) is 0 Å². The smallest absolute Gasteiger partial charge is 0.139 e. The van der Waals surface area contributed by atoms with Crippen LogP contribution in [0.1, 0.15) is 36.1 Å². The summed E-state index contributed by atoms with van der Waals surface area (Å²) in [6, 6.07) is 2.72. The molecule has 0 spiro atoms. The summed E-state index contributed by atoms with van der Waals surface area (Å²) in [5.74, 6) is 0.988. The second kappa shape index (κ2) is 5.89. The van der Waals surface area contributed by atoms with Gasteiger partial charge in [0.1, 0.15) is 10.8 Å². The fourth-order valence-corrected chi connectivity index (χ4v) is 3.94. The van der Waals surface area contributed by atoms with Crippen LogP contribution in [0.25, 0.3) is 0 Å². The molecule has 1 atom stereocenters. The van der Waals surface area contributed by atoms with Gasteiger partial charge >= 0.3 is 0 Å². The highest BCUT2D eigenvalue weighted by Gasteiger charge is 2.31. The largest absolute Gasteiger partial charge is 0.389 e. The molecule has 1 aromatic rings. The van der Waals surface area contributed by atoms with Gasteiger partial charge < -0.3 is 10.6 Å².